The van der Waals surface area contributed by atoms with Gasteiger partial charge in [0.1, 0.15) is 5.75 Å². The number of nitrogens with zero attached hydrogens (tertiary/aromatic N) is 2. The number of methoxy groups -OCH3 is 1. The van der Waals surface area contributed by atoms with E-state index in [1.165, 1.54) is 16.8 Å². The molecule has 5 heteroatoms. The van der Waals surface area contributed by atoms with Crippen LogP contribution in [0.5, 0.6) is 5.75 Å². The number of hydrogen-bond donors (Lipinski definition) is 1. The van der Waals surface area contributed by atoms with Gasteiger partial charge in [-0.15, -0.1) is 0 Å². The molecule has 1 aliphatic heterocycles. The lowest BCUT2D eigenvalue weighted by Crippen LogP contribution is -2.54. The van der Waals surface area contributed by atoms with E-state index < -0.39 is 0 Å². The Morgan fingerprint density at radius 1 is 1.07 bits per heavy atom. The summed E-state index contributed by atoms with van der Waals surface area (Å²) in [7, 11) is 1.65. The molecule has 1 saturated heterocycles. The molecular formula is C23H31N3O2. The first kappa shape index (κ1) is 20.2. The normalized spacial score (nSPS) is 15.9. The molecule has 0 saturated carbocycles. The number of nitrogens with one attached hydrogen (secondary N) is 1. The molecule has 0 radical (unpaired) electrons. The van der Waals surface area contributed by atoms with Gasteiger partial charge >= 0.3 is 0 Å². The van der Waals surface area contributed by atoms with Crippen LogP contribution in [0.4, 0.5) is 5.69 Å². The van der Waals surface area contributed by atoms with Crippen LogP contribution in [-0.2, 0) is 11.3 Å². The zero-order valence-electron chi connectivity index (χ0n) is 17.4. The van der Waals surface area contributed by atoms with Crippen molar-refractivity contribution in [1.82, 2.24) is 10.2 Å². The van der Waals surface area contributed by atoms with Gasteiger partial charge in [-0.3, -0.25) is 9.69 Å². The molecule has 0 aromatic heterocycles. The number of carbonyl (C=O) groups excluding carboxylic acids is 1. The summed E-state index contributed by atoms with van der Waals surface area (Å²) in [6.45, 7) is 10.5. The topological polar surface area (TPSA) is 44.8 Å². The van der Waals surface area contributed by atoms with E-state index in [4.69, 9.17) is 4.74 Å². The van der Waals surface area contributed by atoms with Crippen LogP contribution in [-0.4, -0.2) is 50.1 Å². The Bertz CT molecular complexity index is 813. The fourth-order valence-electron chi connectivity index (χ4n) is 3.77. The quantitative estimate of drug-likeness (QED) is 0.835. The van der Waals surface area contributed by atoms with Crippen molar-refractivity contribution in [2.45, 2.75) is 33.4 Å². The highest BCUT2D eigenvalue weighted by Crippen LogP contribution is 2.24. The molecule has 1 amide bonds. The average molecular weight is 382 g/mol. The van der Waals surface area contributed by atoms with Gasteiger partial charge in [0.05, 0.1) is 13.2 Å². The molecule has 0 aliphatic carbocycles. The summed E-state index contributed by atoms with van der Waals surface area (Å²) < 4.78 is 5.36. The van der Waals surface area contributed by atoms with Crippen LogP contribution in [0.1, 0.15) is 23.6 Å². The molecule has 0 spiro atoms. The monoisotopic (exact) mass is 381 g/mol. The largest absolute Gasteiger partial charge is 0.496 e. The number of para-hydroxylation sites is 1. The molecule has 28 heavy (non-hydrogen) atoms. The number of ether oxygens (including phenoxy) is 1. The van der Waals surface area contributed by atoms with Crippen LogP contribution in [0.2, 0.25) is 0 Å². The molecule has 3 rings (SSSR count). The maximum absolute atomic E-state index is 12.7. The van der Waals surface area contributed by atoms with Crippen molar-refractivity contribution in [3.05, 3.63) is 59.2 Å². The number of aryl methyl sites for hydroxylation is 1. The second-order valence-electron chi connectivity index (χ2n) is 7.45. The zero-order valence-corrected chi connectivity index (χ0v) is 17.4. The maximum atomic E-state index is 12.7. The van der Waals surface area contributed by atoms with Gasteiger partial charge in [-0.2, -0.15) is 0 Å². The number of rotatable bonds is 6. The van der Waals surface area contributed by atoms with E-state index in [1.807, 2.05) is 31.2 Å². The minimum atomic E-state index is -0.143. The van der Waals surface area contributed by atoms with Gasteiger partial charge < -0.3 is 15.0 Å². The molecule has 150 valence electrons. The highest BCUT2D eigenvalue weighted by Gasteiger charge is 2.26. The second-order valence-corrected chi connectivity index (χ2v) is 7.45. The van der Waals surface area contributed by atoms with Crippen molar-refractivity contribution in [3.8, 4) is 5.75 Å². The summed E-state index contributed by atoms with van der Waals surface area (Å²) >= 11 is 0. The van der Waals surface area contributed by atoms with Crippen molar-refractivity contribution in [2.24, 2.45) is 0 Å². The third kappa shape index (κ3) is 4.47. The Morgan fingerprint density at radius 2 is 1.79 bits per heavy atom. The number of benzene rings is 2. The minimum absolute atomic E-state index is 0.0612. The third-order valence-corrected chi connectivity index (χ3v) is 5.80. The number of carbonyl (C=O) groups is 1. The number of amides is 1. The first-order chi connectivity index (χ1) is 13.5. The van der Waals surface area contributed by atoms with Crippen LogP contribution in [0, 0.1) is 13.8 Å². The Morgan fingerprint density at radius 3 is 2.50 bits per heavy atom. The highest BCUT2D eigenvalue weighted by atomic mass is 16.5. The average Bonchev–Trinajstić information content (AvgIpc) is 2.73. The fraction of sp³-hybridized carbons (Fsp3) is 0.435. The first-order valence-electron chi connectivity index (χ1n) is 9.96. The van der Waals surface area contributed by atoms with Crippen molar-refractivity contribution in [2.75, 3.05) is 38.2 Å². The molecule has 1 atom stereocenters. The molecule has 1 unspecified atom stereocenters. The molecule has 1 aliphatic rings. The van der Waals surface area contributed by atoms with E-state index >= 15 is 0 Å². The molecule has 2 aromatic rings. The summed E-state index contributed by atoms with van der Waals surface area (Å²) in [5, 5.41) is 3.06. The molecule has 1 heterocycles. The Hall–Kier alpha value is -2.53. The van der Waals surface area contributed by atoms with Crippen molar-refractivity contribution < 1.29 is 9.53 Å². The molecule has 2 aromatic carbocycles. The van der Waals surface area contributed by atoms with E-state index in [2.05, 4.69) is 47.2 Å². The minimum Gasteiger partial charge on any atom is -0.496 e. The van der Waals surface area contributed by atoms with Crippen molar-refractivity contribution >= 4 is 11.6 Å². The first-order valence-corrected chi connectivity index (χ1v) is 9.96. The third-order valence-electron chi connectivity index (χ3n) is 5.80. The Balaban J connectivity index is 1.53. The van der Waals surface area contributed by atoms with Crippen LogP contribution in [0.25, 0.3) is 0 Å². The standard InChI is InChI=1S/C23H31N3O2/c1-17-8-7-10-21(18(17)2)26-14-12-25(13-15-26)19(3)23(27)24-16-20-9-5-6-11-22(20)28-4/h5-11,19H,12-16H2,1-4H3,(H,24,27). The van der Waals surface area contributed by atoms with Gasteiger partial charge in [0.25, 0.3) is 0 Å². The van der Waals surface area contributed by atoms with Gasteiger partial charge in [-0.1, -0.05) is 30.3 Å². The van der Waals surface area contributed by atoms with Gasteiger partial charge in [0, 0.05) is 44.0 Å². The fourth-order valence-corrected chi connectivity index (χ4v) is 3.77. The summed E-state index contributed by atoms with van der Waals surface area (Å²) in [6, 6.07) is 14.1. The predicted octanol–water partition coefficient (Wildman–Crippen LogP) is 3.14. The summed E-state index contributed by atoms with van der Waals surface area (Å²) in [6.07, 6.45) is 0. The molecule has 0 bridgehead atoms. The van der Waals surface area contributed by atoms with Gasteiger partial charge in [-0.05, 0) is 44.0 Å². The van der Waals surface area contributed by atoms with Gasteiger partial charge in [-0.25, -0.2) is 0 Å². The van der Waals surface area contributed by atoms with Crippen LogP contribution in [0.3, 0.4) is 0 Å². The maximum Gasteiger partial charge on any atom is 0.237 e. The van der Waals surface area contributed by atoms with E-state index in [-0.39, 0.29) is 11.9 Å². The number of piperazine rings is 1. The smallest absolute Gasteiger partial charge is 0.237 e. The zero-order chi connectivity index (χ0) is 20.1. The lowest BCUT2D eigenvalue weighted by atomic mass is 10.1. The van der Waals surface area contributed by atoms with Gasteiger partial charge in [0.2, 0.25) is 5.91 Å². The van der Waals surface area contributed by atoms with Crippen LogP contribution >= 0.6 is 0 Å². The molecule has 1 N–H and O–H groups in total. The predicted molar refractivity (Wildman–Crippen MR) is 114 cm³/mol. The number of anilines is 1. The van der Waals surface area contributed by atoms with Crippen molar-refractivity contribution in [1.29, 1.82) is 0 Å². The SMILES string of the molecule is COc1ccccc1CNC(=O)C(C)N1CCN(c2cccc(C)c2C)CC1. The summed E-state index contributed by atoms with van der Waals surface area (Å²) in [5.41, 5.74) is 4.97. The molecule has 1 fully saturated rings. The highest BCUT2D eigenvalue weighted by molar-refractivity contribution is 5.81. The Labute approximate surface area is 168 Å². The van der Waals surface area contributed by atoms with E-state index in [1.54, 1.807) is 7.11 Å². The summed E-state index contributed by atoms with van der Waals surface area (Å²) in [4.78, 5) is 17.4. The molecule has 5 nitrogen and oxygen atoms in total. The van der Waals surface area contributed by atoms with E-state index in [0.29, 0.717) is 6.54 Å². The van der Waals surface area contributed by atoms with Crippen LogP contribution < -0.4 is 15.0 Å². The van der Waals surface area contributed by atoms with Crippen molar-refractivity contribution in [3.63, 3.8) is 0 Å². The van der Waals surface area contributed by atoms with Crippen LogP contribution in [0.15, 0.2) is 42.5 Å². The molecular weight excluding hydrogens is 350 g/mol. The van der Waals surface area contributed by atoms with E-state index in [0.717, 1.165) is 37.5 Å². The van der Waals surface area contributed by atoms with E-state index in [9.17, 15) is 4.79 Å². The summed E-state index contributed by atoms with van der Waals surface area (Å²) in [5.74, 6) is 0.865. The van der Waals surface area contributed by atoms with Gasteiger partial charge in [0.15, 0.2) is 0 Å². The lowest BCUT2D eigenvalue weighted by Gasteiger charge is -2.39. The lowest BCUT2D eigenvalue weighted by molar-refractivity contribution is -0.126. The number of hydrogen-bond acceptors (Lipinski definition) is 4. The Kier molecular flexibility index (Phi) is 6.57. The second kappa shape index (κ2) is 9.11.